The fourth-order valence-corrected chi connectivity index (χ4v) is 3.32. The van der Waals surface area contributed by atoms with Gasteiger partial charge in [0.25, 0.3) is 5.69 Å². The first-order valence-corrected chi connectivity index (χ1v) is 6.97. The van der Waals surface area contributed by atoms with Gasteiger partial charge in [0.15, 0.2) is 0 Å². The van der Waals surface area contributed by atoms with Crippen LogP contribution in [0.3, 0.4) is 0 Å². The Morgan fingerprint density at radius 3 is 2.70 bits per heavy atom. The maximum Gasteiger partial charge on any atom is 0.269 e. The summed E-state index contributed by atoms with van der Waals surface area (Å²) in [4.78, 5) is 10.6. The molecule has 0 aromatic heterocycles. The zero-order chi connectivity index (χ0) is 14.1. The van der Waals surface area contributed by atoms with Crippen LogP contribution >= 0.6 is 0 Å². The number of hydrogen-bond acceptors (Lipinski definition) is 2. The second-order valence-electron chi connectivity index (χ2n) is 5.52. The SMILES string of the molecule is Cc1cc([N+](=O)[O-])cc2c1C(Cc1ccccc1)CC2. The Labute approximate surface area is 118 Å². The molecule has 0 aliphatic heterocycles. The van der Waals surface area contributed by atoms with E-state index >= 15 is 0 Å². The molecule has 1 aliphatic carbocycles. The lowest BCUT2D eigenvalue weighted by Gasteiger charge is -2.14. The van der Waals surface area contributed by atoms with Gasteiger partial charge in [-0.15, -0.1) is 0 Å². The molecule has 3 nitrogen and oxygen atoms in total. The third kappa shape index (κ3) is 2.31. The van der Waals surface area contributed by atoms with Gasteiger partial charge in [-0.05, 0) is 54.4 Å². The highest BCUT2D eigenvalue weighted by atomic mass is 16.6. The minimum absolute atomic E-state index is 0.224. The summed E-state index contributed by atoms with van der Waals surface area (Å²) < 4.78 is 0. The predicted octanol–water partition coefficient (Wildman–Crippen LogP) is 4.18. The molecule has 0 bridgehead atoms. The molecule has 1 atom stereocenters. The van der Waals surface area contributed by atoms with E-state index in [9.17, 15) is 10.1 Å². The number of aryl methyl sites for hydroxylation is 2. The van der Waals surface area contributed by atoms with Crippen molar-refractivity contribution in [3.05, 3.63) is 74.8 Å². The largest absolute Gasteiger partial charge is 0.269 e. The Balaban J connectivity index is 1.92. The molecule has 20 heavy (non-hydrogen) atoms. The minimum Gasteiger partial charge on any atom is -0.258 e. The van der Waals surface area contributed by atoms with Gasteiger partial charge in [0.1, 0.15) is 0 Å². The van der Waals surface area contributed by atoms with Crippen molar-refractivity contribution in [2.45, 2.75) is 32.1 Å². The van der Waals surface area contributed by atoms with Crippen molar-refractivity contribution in [2.24, 2.45) is 0 Å². The van der Waals surface area contributed by atoms with E-state index in [1.54, 1.807) is 12.1 Å². The van der Waals surface area contributed by atoms with E-state index in [1.165, 1.54) is 11.1 Å². The molecular formula is C17H17NO2. The molecule has 102 valence electrons. The molecule has 0 radical (unpaired) electrons. The van der Waals surface area contributed by atoms with Crippen LogP contribution in [-0.4, -0.2) is 4.92 Å². The van der Waals surface area contributed by atoms with Gasteiger partial charge in [-0.25, -0.2) is 0 Å². The van der Waals surface area contributed by atoms with Crippen molar-refractivity contribution in [1.29, 1.82) is 0 Å². The van der Waals surface area contributed by atoms with Gasteiger partial charge in [0, 0.05) is 12.1 Å². The van der Waals surface area contributed by atoms with Crippen molar-refractivity contribution in [3.8, 4) is 0 Å². The molecule has 1 aliphatic rings. The number of benzene rings is 2. The van der Waals surface area contributed by atoms with Gasteiger partial charge in [0.05, 0.1) is 4.92 Å². The summed E-state index contributed by atoms with van der Waals surface area (Å²) in [5.41, 5.74) is 5.12. The van der Waals surface area contributed by atoms with Crippen LogP contribution in [0, 0.1) is 17.0 Å². The number of non-ortho nitro benzene ring substituents is 1. The summed E-state index contributed by atoms with van der Waals surface area (Å²) in [6, 6.07) is 13.9. The molecule has 2 aromatic rings. The zero-order valence-corrected chi connectivity index (χ0v) is 11.5. The summed E-state index contributed by atoms with van der Waals surface area (Å²) in [7, 11) is 0. The van der Waals surface area contributed by atoms with E-state index in [4.69, 9.17) is 0 Å². The highest BCUT2D eigenvalue weighted by Gasteiger charge is 2.26. The number of nitro groups is 1. The molecule has 0 fully saturated rings. The molecular weight excluding hydrogens is 250 g/mol. The van der Waals surface area contributed by atoms with Crippen LogP contribution in [0.5, 0.6) is 0 Å². The predicted molar refractivity (Wildman–Crippen MR) is 79.0 cm³/mol. The normalized spacial score (nSPS) is 16.9. The third-order valence-electron chi connectivity index (χ3n) is 4.16. The monoisotopic (exact) mass is 267 g/mol. The Morgan fingerprint density at radius 2 is 2.00 bits per heavy atom. The van der Waals surface area contributed by atoms with E-state index in [-0.39, 0.29) is 10.6 Å². The van der Waals surface area contributed by atoms with E-state index in [0.29, 0.717) is 5.92 Å². The van der Waals surface area contributed by atoms with E-state index in [2.05, 4.69) is 24.3 Å². The molecule has 2 aromatic carbocycles. The van der Waals surface area contributed by atoms with Crippen molar-refractivity contribution in [3.63, 3.8) is 0 Å². The molecule has 0 heterocycles. The molecule has 3 heteroatoms. The number of fused-ring (bicyclic) bond motifs is 1. The highest BCUT2D eigenvalue weighted by molar-refractivity contribution is 5.49. The van der Waals surface area contributed by atoms with Gasteiger partial charge in [-0.1, -0.05) is 30.3 Å². The maximum absolute atomic E-state index is 10.9. The molecule has 0 saturated carbocycles. The molecule has 1 unspecified atom stereocenters. The molecule has 3 rings (SSSR count). The van der Waals surface area contributed by atoms with Crippen LogP contribution in [0.25, 0.3) is 0 Å². The van der Waals surface area contributed by atoms with Crippen LogP contribution in [0.4, 0.5) is 5.69 Å². The Hall–Kier alpha value is -2.16. The quantitative estimate of drug-likeness (QED) is 0.618. The van der Waals surface area contributed by atoms with Gasteiger partial charge in [-0.3, -0.25) is 10.1 Å². The number of rotatable bonds is 3. The molecule has 0 saturated heterocycles. The Morgan fingerprint density at radius 1 is 1.25 bits per heavy atom. The fourth-order valence-electron chi connectivity index (χ4n) is 3.32. The Bertz CT molecular complexity index is 650. The van der Waals surface area contributed by atoms with Crippen LogP contribution in [0.15, 0.2) is 42.5 Å². The summed E-state index contributed by atoms with van der Waals surface area (Å²) in [6.45, 7) is 2.00. The average Bonchev–Trinajstić information content (AvgIpc) is 2.83. The lowest BCUT2D eigenvalue weighted by Crippen LogP contribution is -2.01. The van der Waals surface area contributed by atoms with E-state index in [0.717, 1.165) is 30.4 Å². The first-order valence-electron chi connectivity index (χ1n) is 6.97. The Kier molecular flexibility index (Phi) is 3.26. The summed E-state index contributed by atoms with van der Waals surface area (Å²) in [6.07, 6.45) is 3.06. The molecule has 0 amide bonds. The van der Waals surface area contributed by atoms with Crippen LogP contribution in [0.1, 0.15) is 34.6 Å². The zero-order valence-electron chi connectivity index (χ0n) is 11.5. The average molecular weight is 267 g/mol. The van der Waals surface area contributed by atoms with Crippen molar-refractivity contribution >= 4 is 5.69 Å². The van der Waals surface area contributed by atoms with Crippen molar-refractivity contribution in [2.75, 3.05) is 0 Å². The second-order valence-corrected chi connectivity index (χ2v) is 5.52. The summed E-state index contributed by atoms with van der Waals surface area (Å²) in [5, 5.41) is 10.9. The van der Waals surface area contributed by atoms with Gasteiger partial charge >= 0.3 is 0 Å². The van der Waals surface area contributed by atoms with Gasteiger partial charge < -0.3 is 0 Å². The van der Waals surface area contributed by atoms with Crippen molar-refractivity contribution in [1.82, 2.24) is 0 Å². The van der Waals surface area contributed by atoms with Crippen molar-refractivity contribution < 1.29 is 4.92 Å². The van der Waals surface area contributed by atoms with Gasteiger partial charge in [0.2, 0.25) is 0 Å². The first-order chi connectivity index (χ1) is 9.65. The lowest BCUT2D eigenvalue weighted by molar-refractivity contribution is -0.385. The summed E-state index contributed by atoms with van der Waals surface area (Å²) in [5.74, 6) is 0.494. The fraction of sp³-hybridized carbons (Fsp3) is 0.294. The number of hydrogen-bond donors (Lipinski definition) is 0. The van der Waals surface area contributed by atoms with Crippen LogP contribution in [-0.2, 0) is 12.8 Å². The standard InChI is InChI=1S/C17H17NO2/c1-12-9-16(18(19)20)11-15-8-7-14(17(12)15)10-13-5-3-2-4-6-13/h2-6,9,11,14H,7-8,10H2,1H3. The minimum atomic E-state index is -0.294. The highest BCUT2D eigenvalue weighted by Crippen LogP contribution is 2.39. The van der Waals surface area contributed by atoms with Gasteiger partial charge in [-0.2, -0.15) is 0 Å². The number of nitro benzene ring substituents is 1. The lowest BCUT2D eigenvalue weighted by atomic mass is 9.90. The topological polar surface area (TPSA) is 43.1 Å². The van der Waals surface area contributed by atoms with E-state index < -0.39 is 0 Å². The maximum atomic E-state index is 10.9. The smallest absolute Gasteiger partial charge is 0.258 e. The van der Waals surface area contributed by atoms with Crippen LogP contribution in [0.2, 0.25) is 0 Å². The second kappa shape index (κ2) is 5.08. The number of nitrogens with zero attached hydrogens (tertiary/aromatic N) is 1. The van der Waals surface area contributed by atoms with E-state index in [1.807, 2.05) is 13.0 Å². The molecule has 0 N–H and O–H groups in total. The summed E-state index contributed by atoms with van der Waals surface area (Å²) >= 11 is 0. The first kappa shape index (κ1) is 12.9. The van der Waals surface area contributed by atoms with Crippen LogP contribution < -0.4 is 0 Å². The molecule has 0 spiro atoms. The third-order valence-corrected chi connectivity index (χ3v) is 4.16.